The van der Waals surface area contributed by atoms with Crippen molar-refractivity contribution < 1.29 is 13.9 Å². The highest BCUT2D eigenvalue weighted by atomic mass is 19.1. The molecule has 3 nitrogen and oxygen atoms in total. The fraction of sp³-hybridized carbons (Fsp3) is 0.857. The van der Waals surface area contributed by atoms with Crippen molar-refractivity contribution in [3.05, 3.63) is 0 Å². The Kier molecular flexibility index (Phi) is 2.44. The highest BCUT2D eigenvalue weighted by Crippen LogP contribution is 2.24. The lowest BCUT2D eigenvalue weighted by Crippen LogP contribution is -2.60. The maximum absolute atomic E-state index is 12.3. The van der Waals surface area contributed by atoms with Crippen LogP contribution in [-0.4, -0.2) is 32.3 Å². The fourth-order valence-electron chi connectivity index (χ4n) is 1.00. The number of carbonyl (C=O) groups excluding carboxylic acids is 1. The summed E-state index contributed by atoms with van der Waals surface area (Å²) in [5, 5.41) is 2.85. The lowest BCUT2D eigenvalue weighted by Gasteiger charge is -2.37. The molecule has 1 fully saturated rings. The minimum absolute atomic E-state index is 0.320. The third-order valence-electron chi connectivity index (χ3n) is 1.89. The van der Waals surface area contributed by atoms with Crippen LogP contribution in [0, 0.1) is 5.41 Å². The average Bonchev–Trinajstić information content (AvgIpc) is 1.87. The molecule has 64 valence electrons. The van der Waals surface area contributed by atoms with E-state index in [4.69, 9.17) is 4.74 Å². The Hall–Kier alpha value is -0.640. The minimum Gasteiger partial charge on any atom is -0.465 e. The molecule has 11 heavy (non-hydrogen) atoms. The van der Waals surface area contributed by atoms with Crippen molar-refractivity contribution in [1.29, 1.82) is 0 Å². The molecule has 1 rings (SSSR count). The standard InChI is InChI=1S/C7H12FNO2/c1-2-11-6(10)7(3-8)4-9-5-7/h9H,2-5H2,1H3. The van der Waals surface area contributed by atoms with Crippen LogP contribution < -0.4 is 5.32 Å². The van der Waals surface area contributed by atoms with Crippen molar-refractivity contribution in [3.8, 4) is 0 Å². The van der Waals surface area contributed by atoms with Gasteiger partial charge >= 0.3 is 5.97 Å². The van der Waals surface area contributed by atoms with Gasteiger partial charge in [-0.25, -0.2) is 4.39 Å². The van der Waals surface area contributed by atoms with Crippen LogP contribution in [-0.2, 0) is 9.53 Å². The van der Waals surface area contributed by atoms with Crippen molar-refractivity contribution in [2.45, 2.75) is 6.92 Å². The number of alkyl halides is 1. The molecule has 0 unspecified atom stereocenters. The van der Waals surface area contributed by atoms with E-state index < -0.39 is 18.1 Å². The maximum atomic E-state index is 12.3. The lowest BCUT2D eigenvalue weighted by molar-refractivity contribution is -0.160. The Labute approximate surface area is 64.9 Å². The van der Waals surface area contributed by atoms with Gasteiger partial charge in [-0.15, -0.1) is 0 Å². The summed E-state index contributed by atoms with van der Waals surface area (Å²) in [7, 11) is 0. The van der Waals surface area contributed by atoms with E-state index in [2.05, 4.69) is 5.32 Å². The van der Waals surface area contributed by atoms with Gasteiger partial charge in [0.15, 0.2) is 0 Å². The van der Waals surface area contributed by atoms with Crippen LogP contribution >= 0.6 is 0 Å². The molecule has 0 saturated carbocycles. The van der Waals surface area contributed by atoms with Gasteiger partial charge in [0.05, 0.1) is 6.61 Å². The van der Waals surface area contributed by atoms with Gasteiger partial charge in [0.2, 0.25) is 0 Å². The monoisotopic (exact) mass is 161 g/mol. The van der Waals surface area contributed by atoms with Crippen molar-refractivity contribution in [2.75, 3.05) is 26.4 Å². The van der Waals surface area contributed by atoms with E-state index in [1.165, 1.54) is 0 Å². The van der Waals surface area contributed by atoms with Gasteiger partial charge in [0.1, 0.15) is 12.1 Å². The van der Waals surface area contributed by atoms with E-state index in [9.17, 15) is 9.18 Å². The molecule has 0 amide bonds. The first-order valence-corrected chi connectivity index (χ1v) is 3.69. The summed E-state index contributed by atoms with van der Waals surface area (Å²) in [6.07, 6.45) is 0. The summed E-state index contributed by atoms with van der Waals surface area (Å²) >= 11 is 0. The zero-order valence-corrected chi connectivity index (χ0v) is 6.52. The summed E-state index contributed by atoms with van der Waals surface area (Å²) in [5.74, 6) is -0.416. The first-order valence-electron chi connectivity index (χ1n) is 3.69. The second-order valence-electron chi connectivity index (χ2n) is 2.74. The highest BCUT2D eigenvalue weighted by molar-refractivity contribution is 5.78. The molecule has 1 aliphatic heterocycles. The minimum atomic E-state index is -0.865. The third-order valence-corrected chi connectivity index (χ3v) is 1.89. The Bertz CT molecular complexity index is 151. The molecule has 0 radical (unpaired) electrons. The lowest BCUT2D eigenvalue weighted by atomic mass is 9.83. The number of halogens is 1. The zero-order chi connectivity index (χ0) is 8.32. The Morgan fingerprint density at radius 3 is 2.64 bits per heavy atom. The Morgan fingerprint density at radius 2 is 2.36 bits per heavy atom. The maximum Gasteiger partial charge on any atom is 0.317 e. The van der Waals surface area contributed by atoms with Crippen molar-refractivity contribution >= 4 is 5.97 Å². The molecular formula is C7H12FNO2. The van der Waals surface area contributed by atoms with Crippen LogP contribution in [0.15, 0.2) is 0 Å². The molecule has 1 aliphatic rings. The van der Waals surface area contributed by atoms with E-state index in [1.54, 1.807) is 6.92 Å². The first kappa shape index (κ1) is 8.46. The van der Waals surface area contributed by atoms with Gasteiger partial charge in [-0.1, -0.05) is 0 Å². The topological polar surface area (TPSA) is 38.3 Å². The number of nitrogens with one attached hydrogen (secondary N) is 1. The second kappa shape index (κ2) is 3.17. The number of ether oxygens (including phenoxy) is 1. The average molecular weight is 161 g/mol. The predicted molar refractivity (Wildman–Crippen MR) is 37.9 cm³/mol. The zero-order valence-electron chi connectivity index (χ0n) is 6.52. The van der Waals surface area contributed by atoms with E-state index in [0.717, 1.165) is 0 Å². The Balaban J connectivity index is 2.47. The molecule has 0 aliphatic carbocycles. The third kappa shape index (κ3) is 1.35. The molecule has 0 aromatic rings. The molecule has 0 atom stereocenters. The van der Waals surface area contributed by atoms with Crippen LogP contribution in [0.25, 0.3) is 0 Å². The van der Waals surface area contributed by atoms with Gasteiger partial charge in [-0.3, -0.25) is 4.79 Å². The number of carbonyl (C=O) groups is 1. The van der Waals surface area contributed by atoms with E-state index >= 15 is 0 Å². The summed E-state index contributed by atoms with van der Waals surface area (Å²) in [6, 6.07) is 0. The number of hydrogen-bond acceptors (Lipinski definition) is 3. The van der Waals surface area contributed by atoms with Crippen LogP contribution in [0.2, 0.25) is 0 Å². The number of hydrogen-bond donors (Lipinski definition) is 1. The van der Waals surface area contributed by atoms with Crippen molar-refractivity contribution in [2.24, 2.45) is 5.41 Å². The number of rotatable bonds is 3. The highest BCUT2D eigenvalue weighted by Gasteiger charge is 2.45. The SMILES string of the molecule is CCOC(=O)C1(CF)CNC1. The van der Waals surface area contributed by atoms with E-state index in [0.29, 0.717) is 19.7 Å². The predicted octanol–water partition coefficient (Wildman–Crippen LogP) is 0.109. The fourth-order valence-corrected chi connectivity index (χ4v) is 1.00. The van der Waals surface area contributed by atoms with Crippen LogP contribution in [0.5, 0.6) is 0 Å². The summed E-state index contributed by atoms with van der Waals surface area (Å²) < 4.78 is 17.0. The van der Waals surface area contributed by atoms with Gasteiger partial charge in [0, 0.05) is 13.1 Å². The largest absolute Gasteiger partial charge is 0.465 e. The van der Waals surface area contributed by atoms with Gasteiger partial charge < -0.3 is 10.1 Å². The van der Waals surface area contributed by atoms with Crippen molar-refractivity contribution in [1.82, 2.24) is 5.32 Å². The normalized spacial score (nSPS) is 20.5. The molecule has 0 aromatic carbocycles. The summed E-state index contributed by atoms with van der Waals surface area (Å²) in [4.78, 5) is 11.1. The van der Waals surface area contributed by atoms with Gasteiger partial charge in [-0.2, -0.15) is 0 Å². The van der Waals surface area contributed by atoms with Gasteiger partial charge in [-0.05, 0) is 6.92 Å². The van der Waals surface area contributed by atoms with Crippen LogP contribution in [0.3, 0.4) is 0 Å². The molecule has 4 heteroatoms. The molecular weight excluding hydrogens is 149 g/mol. The molecule has 1 N–H and O–H groups in total. The van der Waals surface area contributed by atoms with E-state index in [1.807, 2.05) is 0 Å². The second-order valence-corrected chi connectivity index (χ2v) is 2.74. The molecule has 1 heterocycles. The van der Waals surface area contributed by atoms with Crippen LogP contribution in [0.4, 0.5) is 4.39 Å². The molecule has 0 aromatic heterocycles. The summed E-state index contributed by atoms with van der Waals surface area (Å²) in [5.41, 5.74) is -0.865. The van der Waals surface area contributed by atoms with Crippen molar-refractivity contribution in [3.63, 3.8) is 0 Å². The van der Waals surface area contributed by atoms with Crippen LogP contribution in [0.1, 0.15) is 6.92 Å². The quantitative estimate of drug-likeness (QED) is 0.597. The smallest absolute Gasteiger partial charge is 0.317 e. The molecule has 1 saturated heterocycles. The molecule has 0 bridgehead atoms. The molecule has 0 spiro atoms. The van der Waals surface area contributed by atoms with Gasteiger partial charge in [0.25, 0.3) is 0 Å². The summed E-state index contributed by atoms with van der Waals surface area (Å²) in [6.45, 7) is 2.22. The first-order chi connectivity index (χ1) is 5.25. The number of esters is 1. The Morgan fingerprint density at radius 1 is 1.73 bits per heavy atom. The van der Waals surface area contributed by atoms with E-state index in [-0.39, 0.29) is 0 Å².